The maximum absolute atomic E-state index is 12.5. The molecule has 0 saturated heterocycles. The van der Waals surface area contributed by atoms with Gasteiger partial charge in [-0.3, -0.25) is 4.79 Å². The van der Waals surface area contributed by atoms with E-state index in [1.54, 1.807) is 24.3 Å². The summed E-state index contributed by atoms with van der Waals surface area (Å²) in [5, 5.41) is 7.36. The highest BCUT2D eigenvalue weighted by Crippen LogP contribution is 2.20. The number of amides is 1. The smallest absolute Gasteiger partial charge is 0.261 e. The Labute approximate surface area is 168 Å². The summed E-state index contributed by atoms with van der Waals surface area (Å²) < 4.78 is 11.1. The van der Waals surface area contributed by atoms with Crippen LogP contribution in [0.2, 0.25) is 5.02 Å². The van der Waals surface area contributed by atoms with Crippen LogP contribution < -0.4 is 10.1 Å². The van der Waals surface area contributed by atoms with Gasteiger partial charge < -0.3 is 14.6 Å². The van der Waals surface area contributed by atoms with Crippen molar-refractivity contribution in [3.8, 4) is 17.1 Å². The Morgan fingerprint density at radius 1 is 1.18 bits per heavy atom. The number of hydrogen-bond donors (Lipinski definition) is 1. The molecule has 0 fully saturated rings. The minimum Gasteiger partial charge on any atom is -0.481 e. The Hall–Kier alpha value is -2.86. The first-order valence-electron chi connectivity index (χ1n) is 9.06. The molecule has 1 aromatic heterocycles. The highest BCUT2D eigenvalue weighted by atomic mass is 35.5. The lowest BCUT2D eigenvalue weighted by Gasteiger charge is -2.17. The van der Waals surface area contributed by atoms with Crippen LogP contribution in [0.5, 0.6) is 5.75 Å². The highest BCUT2D eigenvalue weighted by Gasteiger charge is 2.19. The number of ether oxygens (including phenoxy) is 1. The van der Waals surface area contributed by atoms with E-state index in [0.29, 0.717) is 28.9 Å². The predicted octanol–water partition coefficient (Wildman–Crippen LogP) is 4.48. The topological polar surface area (TPSA) is 77.2 Å². The molecule has 1 amide bonds. The lowest BCUT2D eigenvalue weighted by atomic mass is 10.1. The summed E-state index contributed by atoms with van der Waals surface area (Å²) in [7, 11) is 0. The molecule has 7 heteroatoms. The van der Waals surface area contributed by atoms with Crippen LogP contribution in [0.25, 0.3) is 11.4 Å². The third-order valence-electron chi connectivity index (χ3n) is 4.40. The Kier molecular flexibility index (Phi) is 6.31. The highest BCUT2D eigenvalue weighted by molar-refractivity contribution is 6.30. The number of carbonyl (C=O) groups is 1. The van der Waals surface area contributed by atoms with Gasteiger partial charge in [-0.1, -0.05) is 29.7 Å². The van der Waals surface area contributed by atoms with Gasteiger partial charge >= 0.3 is 0 Å². The van der Waals surface area contributed by atoms with E-state index in [-0.39, 0.29) is 12.5 Å². The molecule has 1 atom stereocenters. The van der Waals surface area contributed by atoms with Gasteiger partial charge in [0.25, 0.3) is 5.91 Å². The van der Waals surface area contributed by atoms with E-state index in [4.69, 9.17) is 20.9 Å². The zero-order valence-electron chi connectivity index (χ0n) is 16.0. The molecule has 1 heterocycles. The number of aromatic nitrogens is 2. The van der Waals surface area contributed by atoms with Gasteiger partial charge in [-0.15, -0.1) is 0 Å². The molecule has 0 unspecified atom stereocenters. The monoisotopic (exact) mass is 399 g/mol. The summed E-state index contributed by atoms with van der Waals surface area (Å²) in [6.07, 6.45) is -0.0562. The van der Waals surface area contributed by atoms with Crippen LogP contribution in [0.1, 0.15) is 30.4 Å². The molecule has 1 N–H and O–H groups in total. The molecule has 3 rings (SSSR count). The summed E-state index contributed by atoms with van der Waals surface area (Å²) in [6.45, 7) is 6.08. The van der Waals surface area contributed by atoms with Crippen LogP contribution in [0.4, 0.5) is 0 Å². The molecule has 28 heavy (non-hydrogen) atoms. The number of aryl methyl sites for hydroxylation is 2. The molecule has 2 aromatic carbocycles. The minimum atomic E-state index is -0.597. The molecule has 0 aliphatic rings. The maximum atomic E-state index is 12.5. The maximum Gasteiger partial charge on any atom is 0.261 e. The van der Waals surface area contributed by atoms with Crippen molar-refractivity contribution in [2.75, 3.05) is 0 Å². The second-order valence-corrected chi connectivity index (χ2v) is 6.93. The third-order valence-corrected chi connectivity index (χ3v) is 4.66. The second-order valence-electron chi connectivity index (χ2n) is 6.50. The molecule has 0 saturated carbocycles. The molecule has 0 radical (unpaired) electrons. The average molecular weight is 400 g/mol. The lowest BCUT2D eigenvalue weighted by Crippen LogP contribution is -2.37. The van der Waals surface area contributed by atoms with Gasteiger partial charge in [0.1, 0.15) is 5.75 Å². The SMILES string of the molecule is CC[C@@H](Oc1ccc(C)c(C)c1)C(=O)NCc1nc(-c2ccc(Cl)cc2)no1. The summed E-state index contributed by atoms with van der Waals surface area (Å²) >= 11 is 5.88. The first kappa shape index (κ1) is 19.9. The molecule has 0 aliphatic heterocycles. The first-order chi connectivity index (χ1) is 13.5. The van der Waals surface area contributed by atoms with E-state index >= 15 is 0 Å². The van der Waals surface area contributed by atoms with Crippen molar-refractivity contribution in [2.24, 2.45) is 0 Å². The summed E-state index contributed by atoms with van der Waals surface area (Å²) in [5.74, 6) is 1.21. The molecule has 3 aromatic rings. The average Bonchev–Trinajstić information content (AvgIpc) is 3.16. The molecular weight excluding hydrogens is 378 g/mol. The fourth-order valence-electron chi connectivity index (χ4n) is 2.59. The number of benzene rings is 2. The molecular formula is C21H22ClN3O3. The number of rotatable bonds is 7. The van der Waals surface area contributed by atoms with Crippen LogP contribution in [0.15, 0.2) is 47.0 Å². The number of halogens is 1. The van der Waals surface area contributed by atoms with Gasteiger partial charge in [-0.2, -0.15) is 4.98 Å². The Balaban J connectivity index is 1.59. The van der Waals surface area contributed by atoms with Crippen molar-refractivity contribution < 1.29 is 14.1 Å². The van der Waals surface area contributed by atoms with Crippen molar-refractivity contribution in [3.05, 3.63) is 64.5 Å². The van der Waals surface area contributed by atoms with Crippen LogP contribution in [-0.2, 0) is 11.3 Å². The Morgan fingerprint density at radius 3 is 2.61 bits per heavy atom. The number of carbonyl (C=O) groups excluding carboxylic acids is 1. The van der Waals surface area contributed by atoms with E-state index in [1.807, 2.05) is 39.0 Å². The lowest BCUT2D eigenvalue weighted by molar-refractivity contribution is -0.128. The van der Waals surface area contributed by atoms with E-state index in [1.165, 1.54) is 5.56 Å². The number of nitrogens with one attached hydrogen (secondary N) is 1. The Bertz CT molecular complexity index is 954. The van der Waals surface area contributed by atoms with Gasteiger partial charge in [0.2, 0.25) is 11.7 Å². The normalized spacial score (nSPS) is 11.9. The van der Waals surface area contributed by atoms with Crippen molar-refractivity contribution in [1.82, 2.24) is 15.5 Å². The molecule has 146 valence electrons. The first-order valence-corrected chi connectivity index (χ1v) is 9.44. The third kappa shape index (κ3) is 4.89. The van der Waals surface area contributed by atoms with Gasteiger partial charge in [-0.05, 0) is 67.8 Å². The summed E-state index contributed by atoms with van der Waals surface area (Å²) in [4.78, 5) is 16.8. The Morgan fingerprint density at radius 2 is 1.93 bits per heavy atom. The fourth-order valence-corrected chi connectivity index (χ4v) is 2.72. The molecule has 6 nitrogen and oxygen atoms in total. The quantitative estimate of drug-likeness (QED) is 0.633. The van der Waals surface area contributed by atoms with Crippen molar-refractivity contribution in [1.29, 1.82) is 0 Å². The zero-order valence-corrected chi connectivity index (χ0v) is 16.8. The van der Waals surface area contributed by atoms with Crippen molar-refractivity contribution in [2.45, 2.75) is 39.8 Å². The van der Waals surface area contributed by atoms with Crippen molar-refractivity contribution >= 4 is 17.5 Å². The predicted molar refractivity (Wildman–Crippen MR) is 107 cm³/mol. The summed E-state index contributed by atoms with van der Waals surface area (Å²) in [5.41, 5.74) is 3.08. The fraction of sp³-hybridized carbons (Fsp3) is 0.286. The van der Waals surface area contributed by atoms with E-state index in [9.17, 15) is 4.79 Å². The standard InChI is InChI=1S/C21H22ClN3O3/c1-4-18(27-17-10-5-13(2)14(3)11-17)21(26)23-12-19-24-20(25-28-19)15-6-8-16(22)9-7-15/h5-11,18H,4,12H2,1-3H3,(H,23,26)/t18-/m1/s1. The van der Waals surface area contributed by atoms with Gasteiger partial charge in [0, 0.05) is 10.6 Å². The minimum absolute atomic E-state index is 0.131. The van der Waals surface area contributed by atoms with Crippen LogP contribution >= 0.6 is 11.6 Å². The summed E-state index contributed by atoms with van der Waals surface area (Å²) in [6, 6.07) is 12.9. The van der Waals surface area contributed by atoms with Crippen LogP contribution in [0.3, 0.4) is 0 Å². The largest absolute Gasteiger partial charge is 0.481 e. The second kappa shape index (κ2) is 8.89. The molecule has 0 spiro atoms. The van der Waals surface area contributed by atoms with Crippen LogP contribution in [-0.4, -0.2) is 22.2 Å². The zero-order chi connectivity index (χ0) is 20.1. The van der Waals surface area contributed by atoms with Gasteiger partial charge in [0.15, 0.2) is 6.10 Å². The van der Waals surface area contributed by atoms with E-state index < -0.39 is 6.10 Å². The van der Waals surface area contributed by atoms with E-state index in [2.05, 4.69) is 15.5 Å². The number of hydrogen-bond acceptors (Lipinski definition) is 5. The van der Waals surface area contributed by atoms with Crippen molar-refractivity contribution in [3.63, 3.8) is 0 Å². The molecule has 0 aliphatic carbocycles. The van der Waals surface area contributed by atoms with Gasteiger partial charge in [0.05, 0.1) is 6.54 Å². The van der Waals surface area contributed by atoms with Crippen LogP contribution in [0, 0.1) is 13.8 Å². The molecule has 0 bridgehead atoms. The van der Waals surface area contributed by atoms with E-state index in [0.717, 1.165) is 11.1 Å². The van der Waals surface area contributed by atoms with Gasteiger partial charge in [-0.25, -0.2) is 0 Å². The number of nitrogens with zero attached hydrogens (tertiary/aromatic N) is 2.